The number of aliphatic hydroxyl groups excluding tert-OH is 1. The molecule has 6 heteroatoms. The molecule has 0 bridgehead atoms. The summed E-state index contributed by atoms with van der Waals surface area (Å²) in [5, 5.41) is 24.8. The normalized spacial score (nSPS) is 9.93. The van der Waals surface area contributed by atoms with E-state index >= 15 is 0 Å². The van der Waals surface area contributed by atoms with Gasteiger partial charge in [0.1, 0.15) is 17.5 Å². The molecule has 0 aromatic carbocycles. The van der Waals surface area contributed by atoms with E-state index in [0.717, 1.165) is 13.0 Å². The SMILES string of the molecule is CCCNc1nn(CCO)c(N)c1C#N. The van der Waals surface area contributed by atoms with Crippen molar-refractivity contribution in [3.8, 4) is 6.07 Å². The van der Waals surface area contributed by atoms with Crippen molar-refractivity contribution in [3.63, 3.8) is 0 Å². The molecule has 0 saturated carbocycles. The van der Waals surface area contributed by atoms with Crippen LogP contribution in [0, 0.1) is 11.3 Å². The smallest absolute Gasteiger partial charge is 0.168 e. The summed E-state index contributed by atoms with van der Waals surface area (Å²) in [4.78, 5) is 0. The maximum Gasteiger partial charge on any atom is 0.168 e. The van der Waals surface area contributed by atoms with Gasteiger partial charge >= 0.3 is 0 Å². The Hall–Kier alpha value is -1.74. The maximum atomic E-state index is 8.89. The van der Waals surface area contributed by atoms with Gasteiger partial charge in [0.15, 0.2) is 5.82 Å². The fourth-order valence-electron chi connectivity index (χ4n) is 1.22. The largest absolute Gasteiger partial charge is 0.394 e. The van der Waals surface area contributed by atoms with Crippen LogP contribution in [0.5, 0.6) is 0 Å². The number of nitrogens with zero attached hydrogens (tertiary/aromatic N) is 3. The van der Waals surface area contributed by atoms with Crippen LogP contribution in [0.3, 0.4) is 0 Å². The summed E-state index contributed by atoms with van der Waals surface area (Å²) in [6.45, 7) is 3.01. The van der Waals surface area contributed by atoms with Crippen LogP contribution in [0.1, 0.15) is 18.9 Å². The summed E-state index contributed by atoms with van der Waals surface area (Å²) in [6, 6.07) is 2.00. The molecule has 0 aliphatic carbocycles. The Kier molecular flexibility index (Phi) is 3.94. The van der Waals surface area contributed by atoms with Crippen molar-refractivity contribution in [1.82, 2.24) is 9.78 Å². The lowest BCUT2D eigenvalue weighted by Crippen LogP contribution is -2.08. The van der Waals surface area contributed by atoms with Crippen LogP contribution >= 0.6 is 0 Å². The van der Waals surface area contributed by atoms with Gasteiger partial charge in [-0.3, -0.25) is 0 Å². The second kappa shape index (κ2) is 5.22. The molecule has 0 aliphatic rings. The first-order valence-electron chi connectivity index (χ1n) is 4.85. The minimum atomic E-state index is -0.0516. The highest BCUT2D eigenvalue weighted by Gasteiger charge is 2.14. The van der Waals surface area contributed by atoms with Crippen LogP contribution in [-0.2, 0) is 6.54 Å². The van der Waals surface area contributed by atoms with Crippen LogP contribution in [0.15, 0.2) is 0 Å². The first-order chi connectivity index (χ1) is 7.24. The number of hydrogen-bond acceptors (Lipinski definition) is 5. The lowest BCUT2D eigenvalue weighted by Gasteiger charge is -1.99. The number of nitrogens with two attached hydrogens (primary N) is 1. The third-order valence-corrected chi connectivity index (χ3v) is 1.96. The van der Waals surface area contributed by atoms with Gasteiger partial charge in [-0.1, -0.05) is 6.92 Å². The van der Waals surface area contributed by atoms with E-state index in [1.165, 1.54) is 4.68 Å². The van der Waals surface area contributed by atoms with Gasteiger partial charge in [0.05, 0.1) is 13.2 Å². The lowest BCUT2D eigenvalue weighted by molar-refractivity contribution is 0.270. The van der Waals surface area contributed by atoms with Crippen molar-refractivity contribution in [3.05, 3.63) is 5.56 Å². The van der Waals surface area contributed by atoms with E-state index in [-0.39, 0.29) is 6.61 Å². The zero-order valence-corrected chi connectivity index (χ0v) is 8.69. The standard InChI is InChI=1S/C9H15N5O/c1-2-3-12-9-7(6-10)8(11)14(13-9)4-5-15/h15H,2-5,11H2,1H3,(H,12,13). The van der Waals surface area contributed by atoms with E-state index < -0.39 is 0 Å². The van der Waals surface area contributed by atoms with Gasteiger partial charge in [-0.15, -0.1) is 0 Å². The van der Waals surface area contributed by atoms with Crippen LogP contribution in [0.2, 0.25) is 0 Å². The fourth-order valence-corrected chi connectivity index (χ4v) is 1.22. The van der Waals surface area contributed by atoms with Crippen LogP contribution < -0.4 is 11.1 Å². The predicted molar refractivity (Wildman–Crippen MR) is 57.2 cm³/mol. The molecule has 0 amide bonds. The average Bonchev–Trinajstić information content (AvgIpc) is 2.53. The van der Waals surface area contributed by atoms with Gasteiger partial charge in [-0.25, -0.2) is 4.68 Å². The van der Waals surface area contributed by atoms with Gasteiger partial charge in [0.2, 0.25) is 0 Å². The zero-order chi connectivity index (χ0) is 11.3. The van der Waals surface area contributed by atoms with Crippen molar-refractivity contribution in [2.75, 3.05) is 24.2 Å². The van der Waals surface area contributed by atoms with Crippen LogP contribution in [0.4, 0.5) is 11.6 Å². The van der Waals surface area contributed by atoms with Crippen LogP contribution in [0.25, 0.3) is 0 Å². The van der Waals surface area contributed by atoms with Gasteiger partial charge in [0.25, 0.3) is 0 Å². The molecule has 0 atom stereocenters. The van der Waals surface area contributed by atoms with E-state index in [0.29, 0.717) is 23.7 Å². The monoisotopic (exact) mass is 209 g/mol. The van der Waals surface area contributed by atoms with Crippen molar-refractivity contribution in [1.29, 1.82) is 5.26 Å². The molecule has 15 heavy (non-hydrogen) atoms. The highest BCUT2D eigenvalue weighted by molar-refractivity contribution is 5.63. The number of aliphatic hydroxyl groups is 1. The molecule has 0 saturated heterocycles. The summed E-state index contributed by atoms with van der Waals surface area (Å²) >= 11 is 0. The van der Waals surface area contributed by atoms with E-state index in [4.69, 9.17) is 16.1 Å². The molecule has 1 heterocycles. The molecule has 0 spiro atoms. The van der Waals surface area contributed by atoms with Crippen molar-refractivity contribution < 1.29 is 5.11 Å². The predicted octanol–water partition coefficient (Wildman–Crippen LogP) is 0.151. The third-order valence-electron chi connectivity index (χ3n) is 1.96. The Labute approximate surface area is 88.3 Å². The van der Waals surface area contributed by atoms with Gasteiger partial charge in [-0.05, 0) is 6.42 Å². The Morgan fingerprint density at radius 1 is 1.67 bits per heavy atom. The zero-order valence-electron chi connectivity index (χ0n) is 8.69. The van der Waals surface area contributed by atoms with E-state index in [2.05, 4.69) is 10.4 Å². The molecule has 0 fully saturated rings. The Morgan fingerprint density at radius 3 is 2.93 bits per heavy atom. The molecule has 6 nitrogen and oxygen atoms in total. The molecular weight excluding hydrogens is 194 g/mol. The molecule has 0 unspecified atom stereocenters. The summed E-state index contributed by atoms with van der Waals surface area (Å²) in [6.07, 6.45) is 0.942. The summed E-state index contributed by atoms with van der Waals surface area (Å²) in [5.74, 6) is 0.787. The highest BCUT2D eigenvalue weighted by Crippen LogP contribution is 2.20. The van der Waals surface area contributed by atoms with E-state index in [1.54, 1.807) is 0 Å². The summed E-state index contributed by atoms with van der Waals surface area (Å²) in [5.41, 5.74) is 6.04. The second-order valence-electron chi connectivity index (χ2n) is 3.09. The number of anilines is 2. The van der Waals surface area contributed by atoms with Crippen molar-refractivity contribution in [2.24, 2.45) is 0 Å². The first kappa shape index (κ1) is 11.3. The average molecular weight is 209 g/mol. The minimum Gasteiger partial charge on any atom is -0.394 e. The van der Waals surface area contributed by atoms with Crippen LogP contribution in [-0.4, -0.2) is 28.0 Å². The number of hydrogen-bond donors (Lipinski definition) is 3. The quantitative estimate of drug-likeness (QED) is 0.641. The molecular formula is C9H15N5O. The topological polar surface area (TPSA) is 99.9 Å². The molecule has 1 aromatic heterocycles. The van der Waals surface area contributed by atoms with Crippen molar-refractivity contribution in [2.45, 2.75) is 19.9 Å². The Bertz CT molecular complexity index is 365. The molecule has 1 rings (SSSR count). The summed E-state index contributed by atoms with van der Waals surface area (Å²) in [7, 11) is 0. The third kappa shape index (κ3) is 2.39. The minimum absolute atomic E-state index is 0.0516. The number of nitrogens with one attached hydrogen (secondary N) is 1. The van der Waals surface area contributed by atoms with E-state index in [1.807, 2.05) is 13.0 Å². The van der Waals surface area contributed by atoms with Gasteiger partial charge < -0.3 is 16.2 Å². The number of rotatable bonds is 5. The number of nitriles is 1. The molecule has 82 valence electrons. The number of nitrogen functional groups attached to an aromatic ring is 1. The van der Waals surface area contributed by atoms with Crippen molar-refractivity contribution >= 4 is 11.6 Å². The fraction of sp³-hybridized carbons (Fsp3) is 0.556. The molecule has 4 N–H and O–H groups in total. The highest BCUT2D eigenvalue weighted by atomic mass is 16.3. The Morgan fingerprint density at radius 2 is 2.40 bits per heavy atom. The molecule has 0 radical (unpaired) electrons. The van der Waals surface area contributed by atoms with Gasteiger partial charge in [-0.2, -0.15) is 10.4 Å². The Balaban J connectivity index is 2.95. The van der Waals surface area contributed by atoms with Gasteiger partial charge in [0, 0.05) is 6.54 Å². The van der Waals surface area contributed by atoms with E-state index in [9.17, 15) is 0 Å². The molecule has 1 aromatic rings. The number of aromatic nitrogens is 2. The second-order valence-corrected chi connectivity index (χ2v) is 3.09. The lowest BCUT2D eigenvalue weighted by atomic mass is 10.3. The first-order valence-corrected chi connectivity index (χ1v) is 4.85. The molecule has 0 aliphatic heterocycles. The maximum absolute atomic E-state index is 8.89. The summed E-state index contributed by atoms with van der Waals surface area (Å²) < 4.78 is 1.43.